The van der Waals surface area contributed by atoms with Crippen molar-refractivity contribution in [3.63, 3.8) is 0 Å². The Balaban J connectivity index is 1.57. The number of aromatic nitrogens is 3. The molecule has 1 aliphatic carbocycles. The lowest BCUT2D eigenvalue weighted by Crippen LogP contribution is -2.23. The van der Waals surface area contributed by atoms with Crippen LogP contribution in [0.1, 0.15) is 38.8 Å². The van der Waals surface area contributed by atoms with E-state index in [1.54, 1.807) is 48.8 Å². The number of azo groups is 1. The Morgan fingerprint density at radius 1 is 0.833 bits per heavy atom. The average molecular weight is 478 g/mol. The van der Waals surface area contributed by atoms with Gasteiger partial charge in [0.15, 0.2) is 34.7 Å². The van der Waals surface area contributed by atoms with Crippen LogP contribution in [0.4, 0.5) is 28.7 Å². The number of pyridine rings is 1. The van der Waals surface area contributed by atoms with Crippen LogP contribution in [0.5, 0.6) is 0 Å². The van der Waals surface area contributed by atoms with Crippen molar-refractivity contribution < 1.29 is 14.4 Å². The Labute approximate surface area is 204 Å². The minimum atomic E-state index is -0.469. The van der Waals surface area contributed by atoms with E-state index in [4.69, 9.17) is 11.5 Å². The minimum absolute atomic E-state index is 0.0106. The van der Waals surface area contributed by atoms with Gasteiger partial charge in [-0.3, -0.25) is 19.4 Å². The molecule has 11 heteroatoms. The zero-order valence-corrected chi connectivity index (χ0v) is 18.9. The van der Waals surface area contributed by atoms with Crippen LogP contribution >= 0.6 is 0 Å². The number of nitrogens with zero attached hydrogens (tertiary/aromatic N) is 5. The van der Waals surface area contributed by atoms with Gasteiger partial charge in [-0.05, 0) is 24.3 Å². The van der Waals surface area contributed by atoms with Gasteiger partial charge in [0.05, 0.1) is 22.5 Å². The van der Waals surface area contributed by atoms with Crippen LogP contribution < -0.4 is 16.8 Å². The fraction of sp³-hybridized carbons (Fsp3) is 0.0400. The molecule has 2 heterocycles. The van der Waals surface area contributed by atoms with Crippen LogP contribution in [0, 0.1) is 0 Å². The lowest BCUT2D eigenvalue weighted by atomic mass is 9.82. The highest BCUT2D eigenvalue weighted by Crippen LogP contribution is 2.38. The number of anilines is 3. The summed E-state index contributed by atoms with van der Waals surface area (Å²) in [5, 5.41) is 10.9. The first-order valence-corrected chi connectivity index (χ1v) is 10.7. The number of ketones is 2. The van der Waals surface area contributed by atoms with E-state index in [0.717, 1.165) is 0 Å². The number of benzene rings is 2. The molecule has 2 aromatic heterocycles. The van der Waals surface area contributed by atoms with Crippen LogP contribution in [-0.4, -0.2) is 32.4 Å². The SMILES string of the molecule is CC(=O)Nc1cccc2c1C(=O)c1c(N=Nc3c(N)nc(-c4ccncc4)nc3N)cccc1C2=O. The number of hydrogen-bond acceptors (Lipinski definition) is 10. The van der Waals surface area contributed by atoms with E-state index < -0.39 is 5.78 Å². The van der Waals surface area contributed by atoms with Crippen LogP contribution in [-0.2, 0) is 4.79 Å². The standard InChI is InChI=1S/C25H18N8O3/c1-12(34)29-16-6-2-4-14-18(16)22(36)19-15(21(14)35)5-3-7-17(19)32-33-20-23(26)30-25(31-24(20)27)13-8-10-28-11-9-13/h2-11H,1H3,(H,29,34)(H4,26,27,30,31). The normalized spacial score (nSPS) is 12.4. The first-order valence-electron chi connectivity index (χ1n) is 10.7. The second-order valence-electron chi connectivity index (χ2n) is 7.87. The fourth-order valence-corrected chi connectivity index (χ4v) is 3.93. The maximum Gasteiger partial charge on any atom is 0.221 e. The summed E-state index contributed by atoms with van der Waals surface area (Å²) in [5.41, 5.74) is 13.7. The first-order chi connectivity index (χ1) is 17.3. The summed E-state index contributed by atoms with van der Waals surface area (Å²) in [7, 11) is 0. The van der Waals surface area contributed by atoms with E-state index in [-0.39, 0.29) is 62.6 Å². The summed E-state index contributed by atoms with van der Waals surface area (Å²) < 4.78 is 0. The van der Waals surface area contributed by atoms with Gasteiger partial charge in [0.2, 0.25) is 5.91 Å². The predicted molar refractivity (Wildman–Crippen MR) is 132 cm³/mol. The Morgan fingerprint density at radius 2 is 1.47 bits per heavy atom. The van der Waals surface area contributed by atoms with Gasteiger partial charge in [-0.15, -0.1) is 10.2 Å². The summed E-state index contributed by atoms with van der Waals surface area (Å²) in [6, 6.07) is 12.8. The molecule has 0 bridgehead atoms. The molecule has 11 nitrogen and oxygen atoms in total. The molecule has 0 atom stereocenters. The second-order valence-corrected chi connectivity index (χ2v) is 7.87. The van der Waals surface area contributed by atoms with Crippen molar-refractivity contribution in [2.45, 2.75) is 6.92 Å². The van der Waals surface area contributed by atoms with Gasteiger partial charge in [-0.25, -0.2) is 9.97 Å². The highest BCUT2D eigenvalue weighted by atomic mass is 16.2. The third-order valence-corrected chi connectivity index (χ3v) is 5.50. The molecule has 0 spiro atoms. The Bertz CT molecular complexity index is 1580. The zero-order chi connectivity index (χ0) is 25.4. The van der Waals surface area contributed by atoms with Gasteiger partial charge >= 0.3 is 0 Å². The maximum atomic E-state index is 13.5. The first kappa shape index (κ1) is 22.5. The lowest BCUT2D eigenvalue weighted by molar-refractivity contribution is -0.114. The van der Waals surface area contributed by atoms with E-state index in [9.17, 15) is 14.4 Å². The molecule has 5 N–H and O–H groups in total. The van der Waals surface area contributed by atoms with Crippen molar-refractivity contribution in [2.75, 3.05) is 16.8 Å². The van der Waals surface area contributed by atoms with E-state index in [1.165, 1.54) is 19.1 Å². The van der Waals surface area contributed by atoms with E-state index in [2.05, 4.69) is 30.5 Å². The summed E-state index contributed by atoms with van der Waals surface area (Å²) in [6.45, 7) is 1.32. The van der Waals surface area contributed by atoms with Gasteiger partial charge in [0.1, 0.15) is 0 Å². The van der Waals surface area contributed by atoms with Gasteiger partial charge < -0.3 is 16.8 Å². The molecule has 4 aromatic rings. The predicted octanol–water partition coefficient (Wildman–Crippen LogP) is 3.85. The molecule has 2 aromatic carbocycles. The number of nitrogen functional groups attached to an aromatic ring is 2. The van der Waals surface area contributed by atoms with Crippen LogP contribution in [0.25, 0.3) is 11.4 Å². The molecule has 0 saturated heterocycles. The monoisotopic (exact) mass is 478 g/mol. The van der Waals surface area contributed by atoms with Crippen molar-refractivity contribution in [1.82, 2.24) is 15.0 Å². The third kappa shape index (κ3) is 3.84. The molecule has 0 radical (unpaired) electrons. The van der Waals surface area contributed by atoms with Gasteiger partial charge in [-0.2, -0.15) is 0 Å². The van der Waals surface area contributed by atoms with E-state index >= 15 is 0 Å². The quantitative estimate of drug-likeness (QED) is 0.326. The van der Waals surface area contributed by atoms with Crippen LogP contribution in [0.2, 0.25) is 0 Å². The van der Waals surface area contributed by atoms with E-state index in [0.29, 0.717) is 11.4 Å². The number of rotatable bonds is 4. The molecular formula is C25H18N8O3. The summed E-state index contributed by atoms with van der Waals surface area (Å²) in [5.74, 6) is -0.932. The molecule has 176 valence electrons. The third-order valence-electron chi connectivity index (χ3n) is 5.50. The Hall–Kier alpha value is -5.32. The molecule has 1 aliphatic rings. The van der Waals surface area contributed by atoms with Crippen molar-refractivity contribution in [1.29, 1.82) is 0 Å². The smallest absolute Gasteiger partial charge is 0.221 e. The zero-order valence-electron chi connectivity index (χ0n) is 18.9. The van der Waals surface area contributed by atoms with Crippen LogP contribution in [0.15, 0.2) is 71.2 Å². The molecule has 0 fully saturated rings. The number of amides is 1. The summed E-state index contributed by atoms with van der Waals surface area (Å²) >= 11 is 0. The summed E-state index contributed by atoms with van der Waals surface area (Å²) in [6.07, 6.45) is 3.18. The number of nitrogens with one attached hydrogen (secondary N) is 1. The topological polar surface area (TPSA) is 179 Å². The van der Waals surface area contributed by atoms with Crippen molar-refractivity contribution in [3.05, 3.63) is 83.2 Å². The lowest BCUT2D eigenvalue weighted by Gasteiger charge is -2.21. The number of carbonyl (C=O) groups excluding carboxylic acids is 3. The minimum Gasteiger partial charge on any atom is -0.382 e. The second kappa shape index (κ2) is 8.80. The van der Waals surface area contributed by atoms with Crippen LogP contribution in [0.3, 0.4) is 0 Å². The molecule has 0 saturated carbocycles. The van der Waals surface area contributed by atoms with Crippen molar-refractivity contribution in [3.8, 4) is 11.4 Å². The fourth-order valence-electron chi connectivity index (χ4n) is 3.93. The number of fused-ring (bicyclic) bond motifs is 2. The molecule has 36 heavy (non-hydrogen) atoms. The molecule has 0 unspecified atom stereocenters. The van der Waals surface area contributed by atoms with E-state index in [1.807, 2.05) is 0 Å². The largest absolute Gasteiger partial charge is 0.382 e. The molecule has 1 amide bonds. The van der Waals surface area contributed by atoms with Gasteiger partial charge in [0.25, 0.3) is 0 Å². The number of nitrogens with two attached hydrogens (primary N) is 2. The summed E-state index contributed by atoms with van der Waals surface area (Å²) in [4.78, 5) is 50.8. The van der Waals surface area contributed by atoms with Gasteiger partial charge in [-0.1, -0.05) is 24.3 Å². The Kier molecular flexibility index (Phi) is 5.49. The highest BCUT2D eigenvalue weighted by molar-refractivity contribution is 6.32. The maximum absolute atomic E-state index is 13.5. The molecular weight excluding hydrogens is 460 g/mol. The molecule has 0 aliphatic heterocycles. The number of carbonyl (C=O) groups is 3. The van der Waals surface area contributed by atoms with Crippen molar-refractivity contribution >= 4 is 46.2 Å². The Morgan fingerprint density at radius 3 is 2.14 bits per heavy atom. The van der Waals surface area contributed by atoms with Crippen molar-refractivity contribution in [2.24, 2.45) is 10.2 Å². The average Bonchev–Trinajstić information content (AvgIpc) is 2.86. The van der Waals surface area contributed by atoms with Gasteiger partial charge in [0, 0.05) is 36.0 Å². The number of hydrogen-bond donors (Lipinski definition) is 3. The molecule has 5 rings (SSSR count). The highest BCUT2D eigenvalue weighted by Gasteiger charge is 2.34.